The molecule has 2 aliphatic rings. The lowest BCUT2D eigenvalue weighted by Gasteiger charge is -2.46. The summed E-state index contributed by atoms with van der Waals surface area (Å²) in [6, 6.07) is 8.52. The average molecular weight is 367 g/mol. The van der Waals surface area contributed by atoms with Gasteiger partial charge in [0.05, 0.1) is 29.9 Å². The molecular weight excluding hydrogens is 338 g/mol. The number of carbonyl (C=O) groups is 1. The van der Waals surface area contributed by atoms with Crippen molar-refractivity contribution in [2.75, 3.05) is 13.2 Å². The first-order chi connectivity index (χ1) is 12.9. The van der Waals surface area contributed by atoms with E-state index in [0.717, 1.165) is 37.2 Å². The number of ether oxygens (including phenoxy) is 1. The lowest BCUT2D eigenvalue weighted by Crippen LogP contribution is -2.48. The topological polar surface area (TPSA) is 58.2 Å². The smallest absolute Gasteiger partial charge is 0.223 e. The highest BCUT2D eigenvalue weighted by Crippen LogP contribution is 2.45. The summed E-state index contributed by atoms with van der Waals surface area (Å²) >= 11 is 0. The molecule has 0 unspecified atom stereocenters. The van der Waals surface area contributed by atoms with E-state index in [0.29, 0.717) is 19.6 Å². The number of fused-ring (bicyclic) bond motifs is 1. The van der Waals surface area contributed by atoms with Crippen LogP contribution in [0.2, 0.25) is 0 Å². The van der Waals surface area contributed by atoms with E-state index < -0.39 is 0 Å². The molecule has 1 aromatic heterocycles. The van der Waals surface area contributed by atoms with Crippen LogP contribution in [0.5, 0.6) is 0 Å². The van der Waals surface area contributed by atoms with Gasteiger partial charge in [0.25, 0.3) is 0 Å². The van der Waals surface area contributed by atoms with Crippen molar-refractivity contribution < 1.29 is 9.53 Å². The minimum Gasteiger partial charge on any atom is -0.376 e. The van der Waals surface area contributed by atoms with Crippen LogP contribution in [0.15, 0.2) is 30.6 Å². The van der Waals surface area contributed by atoms with Crippen LogP contribution < -0.4 is 0 Å². The van der Waals surface area contributed by atoms with Gasteiger partial charge in [0.15, 0.2) is 0 Å². The molecule has 1 aromatic carbocycles. The maximum atomic E-state index is 13.3. The van der Waals surface area contributed by atoms with Crippen LogP contribution in [-0.4, -0.2) is 39.5 Å². The fourth-order valence-corrected chi connectivity index (χ4v) is 4.95. The number of rotatable bonds is 3. The Morgan fingerprint density at radius 1 is 1.33 bits per heavy atom. The Morgan fingerprint density at radius 3 is 2.93 bits per heavy atom. The number of amides is 1. The SMILES string of the molecule is Cc1ccccc1[C@@]1(CC(=O)N2CCc3nc[nH]c3C2)CCOC(C)(C)C1. The van der Waals surface area contributed by atoms with Gasteiger partial charge in [-0.25, -0.2) is 4.98 Å². The second-order valence-electron chi connectivity index (χ2n) is 8.70. The van der Waals surface area contributed by atoms with Gasteiger partial charge in [-0.15, -0.1) is 0 Å². The molecular formula is C22H29N3O2. The molecule has 4 rings (SSSR count). The summed E-state index contributed by atoms with van der Waals surface area (Å²) in [6.07, 6.45) is 4.84. The summed E-state index contributed by atoms with van der Waals surface area (Å²) < 4.78 is 6.01. The van der Waals surface area contributed by atoms with Gasteiger partial charge in [-0.3, -0.25) is 4.79 Å². The molecule has 5 nitrogen and oxygen atoms in total. The highest BCUT2D eigenvalue weighted by Gasteiger charge is 2.45. The molecule has 27 heavy (non-hydrogen) atoms. The zero-order valence-electron chi connectivity index (χ0n) is 16.5. The molecule has 1 amide bonds. The van der Waals surface area contributed by atoms with Gasteiger partial charge < -0.3 is 14.6 Å². The Balaban J connectivity index is 1.62. The molecule has 0 spiro atoms. The first kappa shape index (κ1) is 18.2. The molecule has 0 saturated carbocycles. The summed E-state index contributed by atoms with van der Waals surface area (Å²) in [6.45, 7) is 8.52. The molecule has 0 bridgehead atoms. The van der Waals surface area contributed by atoms with Crippen LogP contribution in [0.1, 0.15) is 55.6 Å². The van der Waals surface area contributed by atoms with E-state index in [1.807, 2.05) is 4.90 Å². The molecule has 1 fully saturated rings. The molecule has 0 radical (unpaired) electrons. The average Bonchev–Trinajstić information content (AvgIpc) is 3.08. The Labute approximate surface area is 161 Å². The molecule has 1 N–H and O–H groups in total. The third-order valence-corrected chi connectivity index (χ3v) is 6.17. The summed E-state index contributed by atoms with van der Waals surface area (Å²) in [5, 5.41) is 0. The quantitative estimate of drug-likeness (QED) is 0.903. The Hall–Kier alpha value is -2.14. The summed E-state index contributed by atoms with van der Waals surface area (Å²) in [4.78, 5) is 22.9. The number of aromatic nitrogens is 2. The van der Waals surface area contributed by atoms with E-state index in [1.54, 1.807) is 6.33 Å². The predicted octanol–water partition coefficient (Wildman–Crippen LogP) is 3.52. The van der Waals surface area contributed by atoms with Gasteiger partial charge in [0, 0.05) is 31.4 Å². The van der Waals surface area contributed by atoms with Crippen molar-refractivity contribution in [3.8, 4) is 0 Å². The van der Waals surface area contributed by atoms with E-state index in [4.69, 9.17) is 4.74 Å². The first-order valence-corrected chi connectivity index (χ1v) is 9.88. The Morgan fingerprint density at radius 2 is 2.15 bits per heavy atom. The monoisotopic (exact) mass is 367 g/mol. The zero-order valence-corrected chi connectivity index (χ0v) is 16.5. The van der Waals surface area contributed by atoms with Crippen molar-refractivity contribution in [3.63, 3.8) is 0 Å². The largest absolute Gasteiger partial charge is 0.376 e. The van der Waals surface area contributed by atoms with Crippen molar-refractivity contribution in [2.45, 2.75) is 64.0 Å². The normalized spacial score (nSPS) is 24.5. The molecule has 0 aliphatic carbocycles. The van der Waals surface area contributed by atoms with Gasteiger partial charge in [-0.05, 0) is 44.7 Å². The van der Waals surface area contributed by atoms with Crippen molar-refractivity contribution >= 4 is 5.91 Å². The van der Waals surface area contributed by atoms with Gasteiger partial charge in [-0.1, -0.05) is 24.3 Å². The van der Waals surface area contributed by atoms with Crippen LogP contribution in [0.25, 0.3) is 0 Å². The van der Waals surface area contributed by atoms with E-state index in [9.17, 15) is 4.79 Å². The maximum Gasteiger partial charge on any atom is 0.223 e. The fraction of sp³-hybridized carbons (Fsp3) is 0.545. The van der Waals surface area contributed by atoms with Gasteiger partial charge in [0.1, 0.15) is 0 Å². The first-order valence-electron chi connectivity index (χ1n) is 9.88. The van der Waals surface area contributed by atoms with Gasteiger partial charge in [0.2, 0.25) is 5.91 Å². The number of imidazole rings is 1. The Bertz CT molecular complexity index is 842. The van der Waals surface area contributed by atoms with E-state index in [2.05, 4.69) is 55.0 Å². The fourth-order valence-electron chi connectivity index (χ4n) is 4.95. The lowest BCUT2D eigenvalue weighted by atomic mass is 9.66. The minimum absolute atomic E-state index is 0.168. The van der Waals surface area contributed by atoms with Crippen LogP contribution in [0.4, 0.5) is 0 Å². The maximum absolute atomic E-state index is 13.3. The molecule has 1 atom stereocenters. The van der Waals surface area contributed by atoms with E-state index >= 15 is 0 Å². The van der Waals surface area contributed by atoms with E-state index in [1.165, 1.54) is 11.1 Å². The molecule has 1 saturated heterocycles. The number of aryl methyl sites for hydroxylation is 1. The van der Waals surface area contributed by atoms with Crippen molar-refractivity contribution in [3.05, 3.63) is 53.1 Å². The number of aromatic amines is 1. The number of nitrogens with zero attached hydrogens (tertiary/aromatic N) is 2. The second-order valence-corrected chi connectivity index (χ2v) is 8.70. The predicted molar refractivity (Wildman–Crippen MR) is 104 cm³/mol. The van der Waals surface area contributed by atoms with Crippen molar-refractivity contribution in [1.82, 2.24) is 14.9 Å². The molecule has 3 heterocycles. The van der Waals surface area contributed by atoms with Crippen LogP contribution in [-0.2, 0) is 27.9 Å². The van der Waals surface area contributed by atoms with Gasteiger partial charge in [-0.2, -0.15) is 0 Å². The molecule has 5 heteroatoms. The van der Waals surface area contributed by atoms with Crippen molar-refractivity contribution in [1.29, 1.82) is 0 Å². The number of H-pyrrole nitrogens is 1. The summed E-state index contributed by atoms with van der Waals surface area (Å²) in [5.41, 5.74) is 4.34. The zero-order chi connectivity index (χ0) is 19.1. The number of nitrogens with one attached hydrogen (secondary N) is 1. The number of carbonyl (C=O) groups excluding carboxylic acids is 1. The molecule has 2 aliphatic heterocycles. The standard InChI is InChI=1S/C22H29N3O2/c1-16-6-4-5-7-17(16)22(9-11-27-21(2,3)14-22)12-20(26)25-10-8-18-19(13-25)24-15-23-18/h4-7,15H,8-14H2,1-3H3,(H,23,24)/t22-/m1/s1. The number of hydrogen-bond donors (Lipinski definition) is 1. The second kappa shape index (κ2) is 6.79. The minimum atomic E-state index is -0.223. The third-order valence-electron chi connectivity index (χ3n) is 6.17. The third kappa shape index (κ3) is 3.53. The van der Waals surface area contributed by atoms with Crippen LogP contribution in [0.3, 0.4) is 0 Å². The highest BCUT2D eigenvalue weighted by atomic mass is 16.5. The number of benzene rings is 1. The molecule has 144 valence electrons. The summed E-state index contributed by atoms with van der Waals surface area (Å²) in [7, 11) is 0. The van der Waals surface area contributed by atoms with Crippen molar-refractivity contribution in [2.24, 2.45) is 0 Å². The van der Waals surface area contributed by atoms with Crippen LogP contribution in [0, 0.1) is 6.92 Å². The van der Waals surface area contributed by atoms with Crippen LogP contribution >= 0.6 is 0 Å². The summed E-state index contributed by atoms with van der Waals surface area (Å²) in [5.74, 6) is 0.233. The van der Waals surface area contributed by atoms with Gasteiger partial charge >= 0.3 is 0 Å². The Kier molecular flexibility index (Phi) is 4.58. The lowest BCUT2D eigenvalue weighted by molar-refractivity contribution is -0.137. The highest BCUT2D eigenvalue weighted by molar-refractivity contribution is 5.78. The number of hydrogen-bond acceptors (Lipinski definition) is 3. The molecule has 2 aromatic rings. The van der Waals surface area contributed by atoms with E-state index in [-0.39, 0.29) is 16.9 Å².